The highest BCUT2D eigenvalue weighted by Gasteiger charge is 2.25. The summed E-state index contributed by atoms with van der Waals surface area (Å²) in [7, 11) is 0. The molecule has 0 spiro atoms. The van der Waals surface area contributed by atoms with E-state index in [0.29, 0.717) is 44.1 Å². The van der Waals surface area contributed by atoms with Crippen LogP contribution in [0.3, 0.4) is 0 Å². The van der Waals surface area contributed by atoms with Gasteiger partial charge in [-0.25, -0.2) is 23.5 Å². The maximum absolute atomic E-state index is 13.7. The maximum Gasteiger partial charge on any atom is 0.321 e. The fraction of sp³-hybridized carbons (Fsp3) is 0.292. The topological polar surface area (TPSA) is 61.4 Å². The van der Waals surface area contributed by atoms with Crippen molar-refractivity contribution in [2.45, 2.75) is 20.3 Å². The number of rotatable bonds is 4. The molecule has 0 atom stereocenters. The zero-order valence-electron chi connectivity index (χ0n) is 18.4. The van der Waals surface area contributed by atoms with Crippen molar-refractivity contribution in [3.05, 3.63) is 81.8 Å². The highest BCUT2D eigenvalue weighted by Crippen LogP contribution is 2.26. The van der Waals surface area contributed by atoms with Gasteiger partial charge in [0.2, 0.25) is 0 Å². The third-order valence-electron chi connectivity index (χ3n) is 5.61. The van der Waals surface area contributed by atoms with Crippen molar-refractivity contribution in [1.29, 1.82) is 0 Å². The van der Waals surface area contributed by atoms with Crippen LogP contribution in [0.5, 0.6) is 0 Å². The van der Waals surface area contributed by atoms with Gasteiger partial charge in [0, 0.05) is 49.5 Å². The van der Waals surface area contributed by atoms with Crippen molar-refractivity contribution in [2.24, 2.45) is 0 Å². The smallest absolute Gasteiger partial charge is 0.321 e. The number of aryl methyl sites for hydroxylation is 2. The zero-order valence-corrected chi connectivity index (χ0v) is 19.2. The fourth-order valence-corrected chi connectivity index (χ4v) is 4.12. The number of hydrogen-bond donors (Lipinski definition) is 1. The molecule has 0 radical (unpaired) electrons. The lowest BCUT2D eigenvalue weighted by Gasteiger charge is -2.36. The third-order valence-corrected chi connectivity index (χ3v) is 5.90. The van der Waals surface area contributed by atoms with Crippen LogP contribution in [0.15, 0.2) is 42.5 Å². The van der Waals surface area contributed by atoms with E-state index < -0.39 is 5.82 Å². The summed E-state index contributed by atoms with van der Waals surface area (Å²) in [6.07, 6.45) is 0.519. The first-order chi connectivity index (χ1) is 15.8. The van der Waals surface area contributed by atoms with Gasteiger partial charge in [-0.1, -0.05) is 23.7 Å². The van der Waals surface area contributed by atoms with Crippen LogP contribution in [-0.4, -0.2) is 47.1 Å². The van der Waals surface area contributed by atoms with Gasteiger partial charge < -0.3 is 15.1 Å². The van der Waals surface area contributed by atoms with Crippen molar-refractivity contribution in [1.82, 2.24) is 14.9 Å². The first-order valence-corrected chi connectivity index (χ1v) is 11.0. The predicted octanol–water partition coefficient (Wildman–Crippen LogP) is 4.97. The summed E-state index contributed by atoms with van der Waals surface area (Å²) in [6.45, 7) is 5.93. The van der Waals surface area contributed by atoms with Gasteiger partial charge in [-0.15, -0.1) is 0 Å². The van der Waals surface area contributed by atoms with Crippen LogP contribution in [0.25, 0.3) is 0 Å². The van der Waals surface area contributed by atoms with E-state index in [1.807, 2.05) is 19.9 Å². The molecule has 0 aliphatic carbocycles. The van der Waals surface area contributed by atoms with Crippen LogP contribution in [0, 0.1) is 25.5 Å². The molecule has 1 aliphatic rings. The van der Waals surface area contributed by atoms with Gasteiger partial charge in [0.05, 0.1) is 5.02 Å². The van der Waals surface area contributed by atoms with E-state index in [1.165, 1.54) is 30.3 Å². The van der Waals surface area contributed by atoms with E-state index in [1.54, 1.807) is 11.0 Å². The summed E-state index contributed by atoms with van der Waals surface area (Å²) in [5.41, 5.74) is 3.09. The van der Waals surface area contributed by atoms with Crippen LogP contribution >= 0.6 is 11.6 Å². The second-order valence-electron chi connectivity index (χ2n) is 8.00. The minimum absolute atomic E-state index is 0.0436. The molecule has 1 aliphatic heterocycles. The lowest BCUT2D eigenvalue weighted by Crippen LogP contribution is -2.50. The SMILES string of the molecule is Cc1nc(C)c(Cc2cccc(F)c2)c(N2CCN(C(=O)Nc3ccc(F)c(Cl)c3)CC2)n1. The number of carbonyl (C=O) groups is 1. The van der Waals surface area contributed by atoms with Gasteiger partial charge in [-0.2, -0.15) is 0 Å². The normalized spacial score (nSPS) is 13.8. The van der Waals surface area contributed by atoms with Gasteiger partial charge in [0.1, 0.15) is 23.3 Å². The average Bonchev–Trinajstić information content (AvgIpc) is 2.78. The van der Waals surface area contributed by atoms with E-state index in [4.69, 9.17) is 11.6 Å². The Kier molecular flexibility index (Phi) is 6.74. The number of anilines is 2. The third kappa shape index (κ3) is 5.39. The molecule has 0 bridgehead atoms. The number of urea groups is 1. The Morgan fingerprint density at radius 2 is 1.82 bits per heavy atom. The lowest BCUT2D eigenvalue weighted by atomic mass is 10.0. The number of carbonyl (C=O) groups excluding carboxylic acids is 1. The molecule has 3 aromatic rings. The van der Waals surface area contributed by atoms with E-state index in [0.717, 1.165) is 22.6 Å². The molecular weight excluding hydrogens is 448 g/mol. The molecule has 2 heterocycles. The molecular formula is C24H24ClF2N5O. The largest absolute Gasteiger partial charge is 0.353 e. The summed E-state index contributed by atoms with van der Waals surface area (Å²) in [4.78, 5) is 25.7. The van der Waals surface area contributed by atoms with E-state index in [-0.39, 0.29) is 16.9 Å². The van der Waals surface area contributed by atoms with Gasteiger partial charge in [0.15, 0.2) is 0 Å². The summed E-state index contributed by atoms with van der Waals surface area (Å²) in [5, 5.41) is 2.71. The molecule has 0 saturated carbocycles. The van der Waals surface area contributed by atoms with Crippen molar-refractivity contribution >= 4 is 29.1 Å². The predicted molar refractivity (Wildman–Crippen MR) is 125 cm³/mol. The molecule has 1 saturated heterocycles. The molecule has 9 heteroatoms. The van der Waals surface area contributed by atoms with Crippen LogP contribution in [0.2, 0.25) is 5.02 Å². The lowest BCUT2D eigenvalue weighted by molar-refractivity contribution is 0.208. The number of amides is 2. The van der Waals surface area contributed by atoms with Crippen LogP contribution in [0.1, 0.15) is 22.6 Å². The first kappa shape index (κ1) is 22.9. The second kappa shape index (κ2) is 9.70. The molecule has 2 aromatic carbocycles. The molecule has 172 valence electrons. The van der Waals surface area contributed by atoms with E-state index in [2.05, 4.69) is 20.2 Å². The Balaban J connectivity index is 1.46. The van der Waals surface area contributed by atoms with Crippen LogP contribution in [0.4, 0.5) is 25.1 Å². The highest BCUT2D eigenvalue weighted by molar-refractivity contribution is 6.31. The molecule has 6 nitrogen and oxygen atoms in total. The van der Waals surface area contributed by atoms with Gasteiger partial charge in [-0.05, 0) is 49.7 Å². The molecule has 1 fully saturated rings. The van der Waals surface area contributed by atoms with Crippen molar-refractivity contribution in [3.8, 4) is 0 Å². The minimum Gasteiger partial charge on any atom is -0.353 e. The molecule has 0 unspecified atom stereocenters. The molecule has 2 amide bonds. The second-order valence-corrected chi connectivity index (χ2v) is 8.41. The Bertz CT molecular complexity index is 1180. The first-order valence-electron chi connectivity index (χ1n) is 10.6. The minimum atomic E-state index is -0.534. The Morgan fingerprint density at radius 3 is 2.52 bits per heavy atom. The Hall–Kier alpha value is -3.26. The quantitative estimate of drug-likeness (QED) is 0.583. The maximum atomic E-state index is 13.7. The van der Waals surface area contributed by atoms with Gasteiger partial charge in [-0.3, -0.25) is 0 Å². The summed E-state index contributed by atoms with van der Waals surface area (Å²) in [6, 6.07) is 10.3. The highest BCUT2D eigenvalue weighted by atomic mass is 35.5. The molecule has 33 heavy (non-hydrogen) atoms. The molecule has 4 rings (SSSR count). The van der Waals surface area contributed by atoms with Crippen molar-refractivity contribution in [2.75, 3.05) is 36.4 Å². The molecule has 1 aromatic heterocycles. The summed E-state index contributed by atoms with van der Waals surface area (Å²) >= 11 is 5.80. The number of nitrogens with zero attached hydrogens (tertiary/aromatic N) is 4. The summed E-state index contributed by atoms with van der Waals surface area (Å²) < 4.78 is 27.0. The Labute approximate surface area is 196 Å². The number of piperazine rings is 1. The zero-order chi connectivity index (χ0) is 23.5. The summed E-state index contributed by atoms with van der Waals surface area (Å²) in [5.74, 6) is 0.669. The van der Waals surface area contributed by atoms with Crippen LogP contribution < -0.4 is 10.2 Å². The monoisotopic (exact) mass is 471 g/mol. The average molecular weight is 472 g/mol. The van der Waals surface area contributed by atoms with Crippen molar-refractivity contribution in [3.63, 3.8) is 0 Å². The number of aromatic nitrogens is 2. The standard InChI is InChI=1S/C24H24ClF2N5O/c1-15-20(13-17-4-3-5-18(26)12-17)23(29-16(2)28-15)31-8-10-32(11-9-31)24(33)30-19-6-7-22(27)21(25)14-19/h3-7,12,14H,8-11,13H2,1-2H3,(H,30,33). The van der Waals surface area contributed by atoms with Gasteiger partial charge >= 0.3 is 6.03 Å². The Morgan fingerprint density at radius 1 is 1.06 bits per heavy atom. The van der Waals surface area contributed by atoms with E-state index >= 15 is 0 Å². The van der Waals surface area contributed by atoms with Crippen molar-refractivity contribution < 1.29 is 13.6 Å². The van der Waals surface area contributed by atoms with Crippen LogP contribution in [-0.2, 0) is 6.42 Å². The van der Waals surface area contributed by atoms with Gasteiger partial charge in [0.25, 0.3) is 0 Å². The number of halogens is 3. The number of nitrogens with one attached hydrogen (secondary N) is 1. The molecule has 1 N–H and O–H groups in total. The fourth-order valence-electron chi connectivity index (χ4n) is 3.94. The number of benzene rings is 2. The van der Waals surface area contributed by atoms with E-state index in [9.17, 15) is 13.6 Å². The number of hydrogen-bond acceptors (Lipinski definition) is 4.